The Balaban J connectivity index is 1.80. The lowest BCUT2D eigenvalue weighted by atomic mass is 10.2. The third kappa shape index (κ3) is 5.10. The van der Waals surface area contributed by atoms with Crippen molar-refractivity contribution in [2.24, 2.45) is 0 Å². The van der Waals surface area contributed by atoms with Crippen molar-refractivity contribution in [3.8, 4) is 28.6 Å². The van der Waals surface area contributed by atoms with Crippen LogP contribution >= 0.6 is 0 Å². The minimum Gasteiger partial charge on any atom is -0.494 e. The number of aryl methyl sites for hydroxylation is 1. The fraction of sp³-hybridized carbons (Fsp3) is 0.261. The number of nitrogens with one attached hydrogen (secondary N) is 1. The van der Waals surface area contributed by atoms with Crippen LogP contribution in [0.4, 0.5) is 10.3 Å². The first-order valence-electron chi connectivity index (χ1n) is 10.8. The van der Waals surface area contributed by atoms with E-state index in [2.05, 4.69) is 29.9 Å². The number of sulfonamides is 1. The Hall–Kier alpha value is -4.13. The van der Waals surface area contributed by atoms with Gasteiger partial charge in [-0.15, -0.1) is 10.2 Å². The van der Waals surface area contributed by atoms with E-state index in [1.165, 1.54) is 25.7 Å². The standard InChI is InChI=1S/C23H24FN7O4S/c1-14-8-9-16(11-25-14)22-28-29-23(31(22)21-18(34-3)6-5-7-19(21)35-4)30-36(32,33)15(2)10-20-26-12-17(24)13-27-20/h5-9,11-13,15H,10H2,1-4H3,(H,29,30). The van der Waals surface area contributed by atoms with Gasteiger partial charge in [0.25, 0.3) is 0 Å². The number of rotatable bonds is 9. The van der Waals surface area contributed by atoms with E-state index in [1.54, 1.807) is 30.5 Å². The van der Waals surface area contributed by atoms with Crippen LogP contribution in [0.5, 0.6) is 11.5 Å². The van der Waals surface area contributed by atoms with Crippen LogP contribution in [0.1, 0.15) is 18.4 Å². The molecule has 11 nitrogen and oxygen atoms in total. The number of hydrogen-bond donors (Lipinski definition) is 1. The molecule has 36 heavy (non-hydrogen) atoms. The summed E-state index contributed by atoms with van der Waals surface area (Å²) in [5, 5.41) is 7.41. The summed E-state index contributed by atoms with van der Waals surface area (Å²) in [6.45, 7) is 3.34. The van der Waals surface area contributed by atoms with E-state index in [-0.39, 0.29) is 18.2 Å². The molecule has 1 aromatic carbocycles. The molecule has 13 heteroatoms. The van der Waals surface area contributed by atoms with Gasteiger partial charge in [0.2, 0.25) is 16.0 Å². The van der Waals surface area contributed by atoms with Gasteiger partial charge in [0, 0.05) is 23.9 Å². The summed E-state index contributed by atoms with van der Waals surface area (Å²) in [5.74, 6) is 0.628. The number of nitrogens with zero attached hydrogens (tertiary/aromatic N) is 6. The molecule has 0 saturated carbocycles. The number of para-hydroxylation sites is 1. The van der Waals surface area contributed by atoms with Crippen LogP contribution in [0.25, 0.3) is 17.1 Å². The lowest BCUT2D eigenvalue weighted by Gasteiger charge is -2.19. The van der Waals surface area contributed by atoms with E-state index in [1.807, 2.05) is 13.0 Å². The Labute approximate surface area is 207 Å². The molecule has 0 amide bonds. The highest BCUT2D eigenvalue weighted by Gasteiger charge is 2.28. The van der Waals surface area contributed by atoms with Crippen LogP contribution in [0.3, 0.4) is 0 Å². The Bertz CT molecular complexity index is 1440. The highest BCUT2D eigenvalue weighted by Crippen LogP contribution is 2.37. The van der Waals surface area contributed by atoms with Gasteiger partial charge in [0.1, 0.15) is 23.0 Å². The van der Waals surface area contributed by atoms with Crippen molar-refractivity contribution in [1.29, 1.82) is 0 Å². The zero-order chi connectivity index (χ0) is 25.9. The zero-order valence-corrected chi connectivity index (χ0v) is 20.8. The molecular weight excluding hydrogens is 489 g/mol. The van der Waals surface area contributed by atoms with Gasteiger partial charge >= 0.3 is 0 Å². The first kappa shape index (κ1) is 25.0. The van der Waals surface area contributed by atoms with Crippen molar-refractivity contribution in [2.75, 3.05) is 18.9 Å². The number of aromatic nitrogens is 6. The minimum absolute atomic E-state index is 0.0452. The molecule has 1 unspecified atom stereocenters. The van der Waals surface area contributed by atoms with Crippen molar-refractivity contribution in [3.05, 3.63) is 66.3 Å². The monoisotopic (exact) mass is 513 g/mol. The van der Waals surface area contributed by atoms with Gasteiger partial charge in [-0.05, 0) is 38.1 Å². The number of anilines is 1. The Morgan fingerprint density at radius 2 is 1.67 bits per heavy atom. The number of halogens is 1. The molecule has 0 radical (unpaired) electrons. The summed E-state index contributed by atoms with van der Waals surface area (Å²) in [7, 11) is -1.03. The predicted molar refractivity (Wildman–Crippen MR) is 130 cm³/mol. The molecular formula is C23H24FN7O4S. The second kappa shape index (κ2) is 10.2. The van der Waals surface area contributed by atoms with Crippen molar-refractivity contribution < 1.29 is 22.3 Å². The fourth-order valence-corrected chi connectivity index (χ4v) is 4.40. The van der Waals surface area contributed by atoms with Gasteiger partial charge < -0.3 is 9.47 Å². The Kier molecular flexibility index (Phi) is 7.10. The third-order valence-corrected chi connectivity index (χ3v) is 7.06. The summed E-state index contributed by atoms with van der Waals surface area (Å²) >= 11 is 0. The van der Waals surface area contributed by atoms with Crippen LogP contribution in [0.15, 0.2) is 48.9 Å². The second-order valence-corrected chi connectivity index (χ2v) is 9.96. The highest BCUT2D eigenvalue weighted by molar-refractivity contribution is 7.93. The average Bonchev–Trinajstić information content (AvgIpc) is 3.27. The maximum atomic E-state index is 13.3. The van der Waals surface area contributed by atoms with Crippen LogP contribution in [0, 0.1) is 12.7 Å². The molecule has 0 fully saturated rings. The molecule has 0 aliphatic carbocycles. The summed E-state index contributed by atoms with van der Waals surface area (Å²) in [6, 6.07) is 8.77. The van der Waals surface area contributed by atoms with E-state index < -0.39 is 21.1 Å². The molecule has 0 aliphatic heterocycles. The minimum atomic E-state index is -4.01. The van der Waals surface area contributed by atoms with Crippen molar-refractivity contribution >= 4 is 16.0 Å². The number of pyridine rings is 1. The number of ether oxygens (including phenoxy) is 2. The van der Waals surface area contributed by atoms with E-state index in [0.717, 1.165) is 18.1 Å². The van der Waals surface area contributed by atoms with Gasteiger partial charge in [-0.2, -0.15) is 0 Å². The summed E-state index contributed by atoms with van der Waals surface area (Å²) < 4.78 is 54.8. The highest BCUT2D eigenvalue weighted by atomic mass is 32.2. The number of benzene rings is 1. The molecule has 4 rings (SSSR count). The molecule has 0 bridgehead atoms. The predicted octanol–water partition coefficient (Wildman–Crippen LogP) is 2.96. The molecule has 0 aliphatic rings. The number of methoxy groups -OCH3 is 2. The summed E-state index contributed by atoms with van der Waals surface area (Å²) in [5.41, 5.74) is 1.80. The van der Waals surface area contributed by atoms with Crippen LogP contribution < -0.4 is 14.2 Å². The van der Waals surface area contributed by atoms with Crippen molar-refractivity contribution in [2.45, 2.75) is 25.5 Å². The second-order valence-electron chi connectivity index (χ2n) is 7.86. The Morgan fingerprint density at radius 3 is 2.25 bits per heavy atom. The first-order chi connectivity index (χ1) is 17.2. The molecule has 0 spiro atoms. The largest absolute Gasteiger partial charge is 0.494 e. The van der Waals surface area contributed by atoms with Crippen LogP contribution in [0.2, 0.25) is 0 Å². The molecule has 0 saturated heterocycles. The van der Waals surface area contributed by atoms with E-state index in [9.17, 15) is 12.8 Å². The molecule has 188 valence electrons. The smallest absolute Gasteiger partial charge is 0.243 e. The first-order valence-corrected chi connectivity index (χ1v) is 12.4. The molecule has 1 N–H and O–H groups in total. The Morgan fingerprint density at radius 1 is 1.00 bits per heavy atom. The van der Waals surface area contributed by atoms with E-state index in [4.69, 9.17) is 9.47 Å². The van der Waals surface area contributed by atoms with Gasteiger partial charge in [-0.25, -0.2) is 22.8 Å². The topological polar surface area (TPSA) is 134 Å². The lowest BCUT2D eigenvalue weighted by Crippen LogP contribution is -2.29. The summed E-state index contributed by atoms with van der Waals surface area (Å²) in [6.07, 6.45) is 3.55. The fourth-order valence-electron chi connectivity index (χ4n) is 3.44. The maximum absolute atomic E-state index is 13.3. The van der Waals surface area contributed by atoms with Crippen LogP contribution in [-0.2, 0) is 16.4 Å². The summed E-state index contributed by atoms with van der Waals surface area (Å²) in [4.78, 5) is 12.0. The molecule has 3 aromatic heterocycles. The van der Waals surface area contributed by atoms with E-state index in [0.29, 0.717) is 28.6 Å². The van der Waals surface area contributed by atoms with Gasteiger partial charge in [-0.3, -0.25) is 14.3 Å². The quantitative estimate of drug-likeness (QED) is 0.358. The molecule has 1 atom stereocenters. The molecule has 3 heterocycles. The van der Waals surface area contributed by atoms with Crippen LogP contribution in [-0.4, -0.2) is 57.6 Å². The van der Waals surface area contributed by atoms with Gasteiger partial charge in [0.15, 0.2) is 11.6 Å². The normalized spacial score (nSPS) is 12.2. The lowest BCUT2D eigenvalue weighted by molar-refractivity contribution is 0.391. The third-order valence-electron chi connectivity index (χ3n) is 5.37. The molecule has 4 aromatic rings. The van der Waals surface area contributed by atoms with Crippen molar-refractivity contribution in [1.82, 2.24) is 29.7 Å². The SMILES string of the molecule is COc1cccc(OC)c1-n1c(NS(=O)(=O)C(C)Cc2ncc(F)cn2)nnc1-c1ccc(C)nc1. The zero-order valence-electron chi connectivity index (χ0n) is 20.0. The maximum Gasteiger partial charge on any atom is 0.243 e. The van der Waals surface area contributed by atoms with E-state index >= 15 is 0 Å². The number of hydrogen-bond acceptors (Lipinski definition) is 9. The van der Waals surface area contributed by atoms with Crippen molar-refractivity contribution in [3.63, 3.8) is 0 Å². The average molecular weight is 514 g/mol. The van der Waals surface area contributed by atoms with Gasteiger partial charge in [0.05, 0.1) is 31.9 Å². The van der Waals surface area contributed by atoms with Gasteiger partial charge in [-0.1, -0.05) is 6.07 Å².